The quantitative estimate of drug-likeness (QED) is 0.176. The van der Waals surface area contributed by atoms with Crippen LogP contribution < -0.4 is 0 Å². The van der Waals surface area contributed by atoms with Crippen LogP contribution >= 0.6 is 0 Å². The summed E-state index contributed by atoms with van der Waals surface area (Å²) in [6.07, 6.45) is 33.7. The van der Waals surface area contributed by atoms with Crippen molar-refractivity contribution in [2.45, 2.75) is 148 Å². The highest BCUT2D eigenvalue weighted by Crippen LogP contribution is 2.21. The Morgan fingerprint density at radius 3 is 1.41 bits per heavy atom. The van der Waals surface area contributed by atoms with Crippen molar-refractivity contribution in [1.29, 1.82) is 0 Å². The van der Waals surface area contributed by atoms with Crippen LogP contribution in [0.5, 0.6) is 0 Å². The molecule has 2 nitrogen and oxygen atoms in total. The van der Waals surface area contributed by atoms with Crippen molar-refractivity contribution in [2.24, 2.45) is 0 Å². The van der Waals surface area contributed by atoms with Gasteiger partial charge in [-0.15, -0.1) is 0 Å². The molecule has 29 heavy (non-hydrogen) atoms. The predicted octanol–water partition coefficient (Wildman–Crippen LogP) is 8.87. The van der Waals surface area contributed by atoms with Crippen molar-refractivity contribution in [3.63, 3.8) is 0 Å². The fourth-order valence-electron chi connectivity index (χ4n) is 4.64. The summed E-state index contributed by atoms with van der Waals surface area (Å²) in [6.45, 7) is 5.84. The van der Waals surface area contributed by atoms with Gasteiger partial charge in [-0.1, -0.05) is 123 Å². The lowest BCUT2D eigenvalue weighted by molar-refractivity contribution is 0.159. The Labute approximate surface area is 184 Å². The summed E-state index contributed by atoms with van der Waals surface area (Å²) in [5, 5.41) is 0. The van der Waals surface area contributed by atoms with E-state index in [1.807, 2.05) is 0 Å². The molecule has 0 spiro atoms. The zero-order valence-electron chi connectivity index (χ0n) is 20.5. The Morgan fingerprint density at radius 2 is 0.931 bits per heavy atom. The van der Waals surface area contributed by atoms with Crippen LogP contribution in [0.15, 0.2) is 12.4 Å². The maximum atomic E-state index is 2.58. The monoisotopic (exact) mass is 406 g/mol. The molecule has 2 heteroatoms. The normalized spacial score (nSPS) is 16.3. The molecule has 0 aromatic carbocycles. The van der Waals surface area contributed by atoms with Gasteiger partial charge in [0.15, 0.2) is 0 Å². The standard InChI is InChI=1S/C27H54N2/c1-4-6-8-10-11-12-13-14-15-16-17-18-19-20-21-23-27-28(3)25-26-29(27)24-22-9-7-5-2/h25-27H,4-24H2,1-3H3. The third kappa shape index (κ3) is 14.1. The fourth-order valence-corrected chi connectivity index (χ4v) is 4.64. The molecule has 1 aliphatic rings. The highest BCUT2D eigenvalue weighted by Gasteiger charge is 2.22. The van der Waals surface area contributed by atoms with Gasteiger partial charge < -0.3 is 9.80 Å². The SMILES string of the molecule is CCCCCCCCCCCCCCCCCC1N(C)C=CN1CCCCCC. The van der Waals surface area contributed by atoms with Gasteiger partial charge in [-0.2, -0.15) is 0 Å². The predicted molar refractivity (Wildman–Crippen MR) is 131 cm³/mol. The van der Waals surface area contributed by atoms with Crippen LogP contribution in [0.2, 0.25) is 0 Å². The van der Waals surface area contributed by atoms with Crippen LogP contribution in [0.25, 0.3) is 0 Å². The second kappa shape index (κ2) is 19.3. The second-order valence-electron chi connectivity index (χ2n) is 9.48. The largest absolute Gasteiger partial charge is 0.359 e. The summed E-state index contributed by atoms with van der Waals surface area (Å²) in [4.78, 5) is 5.00. The molecule has 1 heterocycles. The van der Waals surface area contributed by atoms with E-state index in [1.54, 1.807) is 0 Å². The Morgan fingerprint density at radius 1 is 0.517 bits per heavy atom. The highest BCUT2D eigenvalue weighted by atomic mass is 15.4. The Kier molecular flexibility index (Phi) is 17.6. The van der Waals surface area contributed by atoms with E-state index in [-0.39, 0.29) is 0 Å². The first-order valence-corrected chi connectivity index (χ1v) is 13.5. The second-order valence-corrected chi connectivity index (χ2v) is 9.48. The van der Waals surface area contributed by atoms with E-state index in [0.29, 0.717) is 6.17 Å². The lowest BCUT2D eigenvalue weighted by atomic mass is 10.0. The average molecular weight is 407 g/mol. The summed E-state index contributed by atoms with van der Waals surface area (Å²) >= 11 is 0. The first-order valence-electron chi connectivity index (χ1n) is 13.5. The molecular weight excluding hydrogens is 352 g/mol. The minimum atomic E-state index is 0.624. The Hall–Kier alpha value is -0.660. The fraction of sp³-hybridized carbons (Fsp3) is 0.926. The van der Waals surface area contributed by atoms with Crippen LogP contribution in [-0.4, -0.2) is 29.6 Å². The maximum Gasteiger partial charge on any atom is 0.100 e. The van der Waals surface area contributed by atoms with Gasteiger partial charge in [-0.25, -0.2) is 0 Å². The Balaban J connectivity index is 1.87. The van der Waals surface area contributed by atoms with Gasteiger partial charge >= 0.3 is 0 Å². The number of hydrogen-bond donors (Lipinski definition) is 0. The number of unbranched alkanes of at least 4 members (excludes halogenated alkanes) is 17. The molecule has 0 fully saturated rings. The molecule has 0 aliphatic carbocycles. The van der Waals surface area contributed by atoms with E-state index in [0.717, 1.165) is 0 Å². The summed E-state index contributed by atoms with van der Waals surface area (Å²) in [6, 6.07) is 0. The van der Waals surface area contributed by atoms with Gasteiger partial charge in [-0.05, 0) is 19.3 Å². The molecule has 1 rings (SSSR count). The van der Waals surface area contributed by atoms with Crippen LogP contribution in [-0.2, 0) is 0 Å². The summed E-state index contributed by atoms with van der Waals surface area (Å²) in [5.41, 5.74) is 0. The molecule has 172 valence electrons. The molecule has 0 aromatic rings. The van der Waals surface area contributed by atoms with Crippen LogP contribution in [0.3, 0.4) is 0 Å². The number of rotatable bonds is 21. The van der Waals surface area contributed by atoms with E-state index >= 15 is 0 Å². The molecule has 0 amide bonds. The first-order chi connectivity index (χ1) is 14.3. The molecule has 1 aliphatic heterocycles. The van der Waals surface area contributed by atoms with Gasteiger partial charge in [0.05, 0.1) is 0 Å². The van der Waals surface area contributed by atoms with Crippen molar-refractivity contribution < 1.29 is 0 Å². The zero-order chi connectivity index (χ0) is 21.0. The molecular formula is C27H54N2. The Bertz CT molecular complexity index is 366. The first kappa shape index (κ1) is 26.4. The van der Waals surface area contributed by atoms with Crippen LogP contribution in [0, 0.1) is 0 Å². The molecule has 0 bridgehead atoms. The zero-order valence-corrected chi connectivity index (χ0v) is 20.5. The molecule has 0 saturated heterocycles. The molecule has 1 atom stereocenters. The van der Waals surface area contributed by atoms with Gasteiger partial charge in [-0.3, -0.25) is 0 Å². The van der Waals surface area contributed by atoms with Crippen LogP contribution in [0.4, 0.5) is 0 Å². The summed E-state index contributed by atoms with van der Waals surface area (Å²) in [5.74, 6) is 0. The lowest BCUT2D eigenvalue weighted by Crippen LogP contribution is -2.37. The number of hydrogen-bond acceptors (Lipinski definition) is 2. The molecule has 0 N–H and O–H groups in total. The van der Waals surface area contributed by atoms with Crippen molar-refractivity contribution in [1.82, 2.24) is 9.80 Å². The topological polar surface area (TPSA) is 6.48 Å². The van der Waals surface area contributed by atoms with Crippen molar-refractivity contribution in [2.75, 3.05) is 13.6 Å². The van der Waals surface area contributed by atoms with Crippen LogP contribution in [0.1, 0.15) is 142 Å². The van der Waals surface area contributed by atoms with Crippen molar-refractivity contribution in [3.8, 4) is 0 Å². The minimum absolute atomic E-state index is 0.624. The van der Waals surface area contributed by atoms with E-state index in [4.69, 9.17) is 0 Å². The van der Waals surface area contributed by atoms with Gasteiger partial charge in [0.25, 0.3) is 0 Å². The minimum Gasteiger partial charge on any atom is -0.359 e. The van der Waals surface area contributed by atoms with E-state index in [1.165, 1.54) is 135 Å². The van der Waals surface area contributed by atoms with E-state index in [2.05, 4.69) is 43.1 Å². The van der Waals surface area contributed by atoms with E-state index < -0.39 is 0 Å². The smallest absolute Gasteiger partial charge is 0.100 e. The van der Waals surface area contributed by atoms with Gasteiger partial charge in [0.2, 0.25) is 0 Å². The third-order valence-electron chi connectivity index (χ3n) is 6.68. The van der Waals surface area contributed by atoms with E-state index in [9.17, 15) is 0 Å². The number of nitrogens with zero attached hydrogens (tertiary/aromatic N) is 2. The lowest BCUT2D eigenvalue weighted by Gasteiger charge is -2.30. The average Bonchev–Trinajstić information content (AvgIpc) is 3.08. The molecule has 0 saturated carbocycles. The van der Waals surface area contributed by atoms with Crippen molar-refractivity contribution in [3.05, 3.63) is 12.4 Å². The maximum absolute atomic E-state index is 2.58. The third-order valence-corrected chi connectivity index (χ3v) is 6.68. The summed E-state index contributed by atoms with van der Waals surface area (Å²) < 4.78 is 0. The molecule has 0 aromatic heterocycles. The van der Waals surface area contributed by atoms with Crippen molar-refractivity contribution >= 4 is 0 Å². The van der Waals surface area contributed by atoms with Gasteiger partial charge in [0.1, 0.15) is 6.17 Å². The van der Waals surface area contributed by atoms with Gasteiger partial charge in [0, 0.05) is 26.0 Å². The molecule has 1 unspecified atom stereocenters. The summed E-state index contributed by atoms with van der Waals surface area (Å²) in [7, 11) is 2.25. The molecule has 0 radical (unpaired) electrons. The highest BCUT2D eigenvalue weighted by molar-refractivity contribution is 4.95.